The van der Waals surface area contributed by atoms with Crippen molar-refractivity contribution in [3.05, 3.63) is 41.4 Å². The van der Waals surface area contributed by atoms with Crippen LogP contribution in [0.1, 0.15) is 25.7 Å². The molecule has 28 heavy (non-hydrogen) atoms. The first-order valence-electron chi connectivity index (χ1n) is 9.50. The monoisotopic (exact) mass is 399 g/mol. The topological polar surface area (TPSA) is 54.5 Å². The highest BCUT2D eigenvalue weighted by Gasteiger charge is 2.11. The molecule has 0 aliphatic rings. The average molecular weight is 400 g/mol. The van der Waals surface area contributed by atoms with Gasteiger partial charge >= 0.3 is 0 Å². The fourth-order valence-corrected chi connectivity index (χ4v) is 3.40. The van der Waals surface area contributed by atoms with Gasteiger partial charge in [0.05, 0.1) is 23.8 Å². The normalized spacial score (nSPS) is 11.0. The summed E-state index contributed by atoms with van der Waals surface area (Å²) >= 11 is 6.17. The van der Waals surface area contributed by atoms with E-state index in [0.717, 1.165) is 59.0 Å². The number of fused-ring (bicyclic) bond motifs is 2. The van der Waals surface area contributed by atoms with E-state index in [1.54, 1.807) is 26.1 Å². The Kier molecular flexibility index (Phi) is 6.57. The molecule has 1 aromatic heterocycles. The summed E-state index contributed by atoms with van der Waals surface area (Å²) in [6.45, 7) is 0.824. The minimum absolute atomic E-state index is 0.183. The smallest absolute Gasteiger partial charge is 0.222 e. The van der Waals surface area contributed by atoms with Crippen LogP contribution < -0.4 is 10.1 Å². The standard InChI is InChI=1S/C22H26ClN3O2/c1-26(2)21(27)7-5-4-6-12-24-22-17-10-8-15(23)13-20(17)25-19-11-9-16(28-3)14-18(19)22/h8-11,13-14H,4-7,12H2,1-3H3,(H,24,25). The zero-order valence-electron chi connectivity index (χ0n) is 16.6. The number of aromatic nitrogens is 1. The van der Waals surface area contributed by atoms with Gasteiger partial charge in [0.15, 0.2) is 0 Å². The van der Waals surface area contributed by atoms with Crippen LogP contribution in [0, 0.1) is 0 Å². The van der Waals surface area contributed by atoms with E-state index in [1.807, 2.05) is 36.4 Å². The second kappa shape index (κ2) is 9.11. The van der Waals surface area contributed by atoms with E-state index < -0.39 is 0 Å². The van der Waals surface area contributed by atoms with Gasteiger partial charge in [-0.1, -0.05) is 18.0 Å². The number of ether oxygens (including phenoxy) is 1. The van der Waals surface area contributed by atoms with Crippen molar-refractivity contribution in [3.8, 4) is 5.75 Å². The molecule has 0 spiro atoms. The molecule has 3 aromatic rings. The van der Waals surface area contributed by atoms with Gasteiger partial charge in [-0.2, -0.15) is 0 Å². The van der Waals surface area contributed by atoms with Crippen molar-refractivity contribution < 1.29 is 9.53 Å². The van der Waals surface area contributed by atoms with Gasteiger partial charge in [-0.05, 0) is 49.2 Å². The maximum absolute atomic E-state index is 11.7. The summed E-state index contributed by atoms with van der Waals surface area (Å²) in [6.07, 6.45) is 3.50. The minimum atomic E-state index is 0.183. The number of carbonyl (C=O) groups excluding carboxylic acids is 1. The quantitative estimate of drug-likeness (QED) is 0.422. The zero-order chi connectivity index (χ0) is 20.1. The summed E-state index contributed by atoms with van der Waals surface area (Å²) < 4.78 is 5.40. The molecule has 1 N–H and O–H groups in total. The predicted octanol–water partition coefficient (Wildman–Crippen LogP) is 5.11. The van der Waals surface area contributed by atoms with Crippen LogP contribution in [0.4, 0.5) is 5.69 Å². The average Bonchev–Trinajstić information content (AvgIpc) is 2.68. The number of nitrogens with zero attached hydrogens (tertiary/aromatic N) is 2. The van der Waals surface area contributed by atoms with Gasteiger partial charge in [-0.25, -0.2) is 4.98 Å². The first kappa shape index (κ1) is 20.2. The fraction of sp³-hybridized carbons (Fsp3) is 0.364. The van der Waals surface area contributed by atoms with E-state index in [9.17, 15) is 4.79 Å². The molecule has 0 atom stereocenters. The Morgan fingerprint density at radius 1 is 1.07 bits per heavy atom. The number of unbranched alkanes of at least 4 members (excludes halogenated alkanes) is 2. The molecule has 2 aromatic carbocycles. The van der Waals surface area contributed by atoms with Crippen LogP contribution in [-0.2, 0) is 4.79 Å². The summed E-state index contributed by atoms with van der Waals surface area (Å²) in [5.74, 6) is 0.982. The molecule has 3 rings (SSSR count). The van der Waals surface area contributed by atoms with Crippen molar-refractivity contribution in [1.82, 2.24) is 9.88 Å². The third kappa shape index (κ3) is 4.65. The predicted molar refractivity (Wildman–Crippen MR) is 116 cm³/mol. The van der Waals surface area contributed by atoms with Gasteiger partial charge < -0.3 is 15.0 Å². The van der Waals surface area contributed by atoms with E-state index >= 15 is 0 Å². The Balaban J connectivity index is 1.78. The minimum Gasteiger partial charge on any atom is -0.497 e. The lowest BCUT2D eigenvalue weighted by atomic mass is 10.1. The number of carbonyl (C=O) groups is 1. The van der Waals surface area contributed by atoms with Crippen molar-refractivity contribution in [2.45, 2.75) is 25.7 Å². The van der Waals surface area contributed by atoms with E-state index in [1.165, 1.54) is 0 Å². The van der Waals surface area contributed by atoms with Crippen molar-refractivity contribution in [1.29, 1.82) is 0 Å². The molecule has 1 heterocycles. The zero-order valence-corrected chi connectivity index (χ0v) is 17.3. The van der Waals surface area contributed by atoms with Crippen molar-refractivity contribution in [2.24, 2.45) is 0 Å². The number of anilines is 1. The molecule has 0 aliphatic heterocycles. The summed E-state index contributed by atoms with van der Waals surface area (Å²) in [5, 5.41) is 6.31. The van der Waals surface area contributed by atoms with Gasteiger partial charge in [0.2, 0.25) is 5.91 Å². The Labute approximate surface area is 170 Å². The first-order valence-corrected chi connectivity index (χ1v) is 9.88. The summed E-state index contributed by atoms with van der Waals surface area (Å²) in [4.78, 5) is 18.0. The van der Waals surface area contributed by atoms with Gasteiger partial charge in [0, 0.05) is 42.9 Å². The highest BCUT2D eigenvalue weighted by molar-refractivity contribution is 6.31. The lowest BCUT2D eigenvalue weighted by Gasteiger charge is -2.14. The highest BCUT2D eigenvalue weighted by atomic mass is 35.5. The molecule has 0 radical (unpaired) electrons. The summed E-state index contributed by atoms with van der Waals surface area (Å²) in [5.41, 5.74) is 2.80. The lowest BCUT2D eigenvalue weighted by molar-refractivity contribution is -0.128. The Hall–Kier alpha value is -2.53. The molecular formula is C22H26ClN3O2. The molecule has 6 heteroatoms. The van der Waals surface area contributed by atoms with Crippen LogP contribution >= 0.6 is 11.6 Å². The second-order valence-corrected chi connectivity index (χ2v) is 7.49. The molecule has 148 valence electrons. The largest absolute Gasteiger partial charge is 0.497 e. The number of hydrogen-bond donors (Lipinski definition) is 1. The molecule has 0 bridgehead atoms. The van der Waals surface area contributed by atoms with Crippen LogP contribution in [0.5, 0.6) is 5.75 Å². The SMILES string of the molecule is COc1ccc2nc3cc(Cl)ccc3c(NCCCCCC(=O)N(C)C)c2c1. The van der Waals surface area contributed by atoms with E-state index in [2.05, 4.69) is 5.32 Å². The third-order valence-electron chi connectivity index (χ3n) is 4.81. The number of halogens is 1. The van der Waals surface area contributed by atoms with Crippen LogP contribution in [-0.4, -0.2) is 43.5 Å². The van der Waals surface area contributed by atoms with Gasteiger partial charge in [0.25, 0.3) is 0 Å². The Morgan fingerprint density at radius 3 is 2.64 bits per heavy atom. The van der Waals surface area contributed by atoms with E-state index in [4.69, 9.17) is 21.3 Å². The number of benzene rings is 2. The number of methoxy groups -OCH3 is 1. The first-order chi connectivity index (χ1) is 13.5. The molecule has 0 fully saturated rings. The number of rotatable bonds is 8. The van der Waals surface area contributed by atoms with Crippen molar-refractivity contribution in [2.75, 3.05) is 33.1 Å². The number of hydrogen-bond acceptors (Lipinski definition) is 4. The van der Waals surface area contributed by atoms with Crippen LogP contribution in [0.15, 0.2) is 36.4 Å². The van der Waals surface area contributed by atoms with Crippen LogP contribution in [0.2, 0.25) is 5.02 Å². The molecule has 0 unspecified atom stereocenters. The van der Waals surface area contributed by atoms with Crippen LogP contribution in [0.25, 0.3) is 21.8 Å². The molecule has 0 saturated carbocycles. The molecule has 0 aliphatic carbocycles. The molecular weight excluding hydrogens is 374 g/mol. The molecule has 1 amide bonds. The molecule has 0 saturated heterocycles. The number of amides is 1. The third-order valence-corrected chi connectivity index (χ3v) is 5.05. The van der Waals surface area contributed by atoms with Gasteiger partial charge in [-0.3, -0.25) is 4.79 Å². The lowest BCUT2D eigenvalue weighted by Crippen LogP contribution is -2.21. The van der Waals surface area contributed by atoms with Crippen LogP contribution in [0.3, 0.4) is 0 Å². The summed E-state index contributed by atoms with van der Waals surface area (Å²) in [6, 6.07) is 11.7. The van der Waals surface area contributed by atoms with Crippen molar-refractivity contribution >= 4 is 45.0 Å². The second-order valence-electron chi connectivity index (χ2n) is 7.06. The highest BCUT2D eigenvalue weighted by Crippen LogP contribution is 2.34. The van der Waals surface area contributed by atoms with Crippen molar-refractivity contribution in [3.63, 3.8) is 0 Å². The number of pyridine rings is 1. The summed E-state index contributed by atoms with van der Waals surface area (Å²) in [7, 11) is 5.26. The number of nitrogens with one attached hydrogen (secondary N) is 1. The van der Waals surface area contributed by atoms with E-state index in [-0.39, 0.29) is 5.91 Å². The van der Waals surface area contributed by atoms with E-state index in [0.29, 0.717) is 11.4 Å². The van der Waals surface area contributed by atoms with Gasteiger partial charge in [0.1, 0.15) is 5.75 Å². The fourth-order valence-electron chi connectivity index (χ4n) is 3.23. The maximum atomic E-state index is 11.7. The van der Waals surface area contributed by atoms with Gasteiger partial charge in [-0.15, -0.1) is 0 Å². The Morgan fingerprint density at radius 2 is 1.89 bits per heavy atom. The maximum Gasteiger partial charge on any atom is 0.222 e. The molecule has 5 nitrogen and oxygen atoms in total. The Bertz CT molecular complexity index is 988.